The van der Waals surface area contributed by atoms with E-state index < -0.39 is 10.2 Å². The van der Waals surface area contributed by atoms with Gasteiger partial charge in [-0.15, -0.1) is 0 Å². The van der Waals surface area contributed by atoms with Crippen LogP contribution in [0.1, 0.15) is 18.9 Å². The van der Waals surface area contributed by atoms with E-state index in [9.17, 15) is 8.42 Å². The lowest BCUT2D eigenvalue weighted by Crippen LogP contribution is -2.46. The van der Waals surface area contributed by atoms with Gasteiger partial charge in [-0.2, -0.15) is 8.42 Å². The number of rotatable bonds is 4. The van der Waals surface area contributed by atoms with Crippen LogP contribution in [-0.4, -0.2) is 21.5 Å². The van der Waals surface area contributed by atoms with Crippen LogP contribution in [0.3, 0.4) is 0 Å². The number of fused-ring (bicyclic) bond motifs is 1. The molecule has 0 aromatic heterocycles. The maximum Gasteiger partial charge on any atom is 0.326 e. The highest BCUT2D eigenvalue weighted by atomic mass is 32.2. The van der Waals surface area contributed by atoms with E-state index in [0.717, 1.165) is 24.1 Å². The van der Waals surface area contributed by atoms with Crippen molar-refractivity contribution in [3.05, 3.63) is 60.2 Å². The van der Waals surface area contributed by atoms with Crippen LogP contribution in [0.15, 0.2) is 54.6 Å². The first-order valence-corrected chi connectivity index (χ1v) is 8.97. The second-order valence-corrected chi connectivity index (χ2v) is 7.09. The van der Waals surface area contributed by atoms with E-state index in [4.69, 9.17) is 0 Å². The Balaban J connectivity index is 2.03. The van der Waals surface area contributed by atoms with E-state index in [-0.39, 0.29) is 0 Å². The molecule has 2 aromatic rings. The van der Waals surface area contributed by atoms with Crippen LogP contribution in [0.5, 0.6) is 0 Å². The van der Waals surface area contributed by atoms with Crippen molar-refractivity contribution in [1.82, 2.24) is 0 Å². The van der Waals surface area contributed by atoms with Gasteiger partial charge in [0.25, 0.3) is 0 Å². The summed E-state index contributed by atoms with van der Waals surface area (Å²) < 4.78 is 29.3. The molecule has 0 saturated carbocycles. The molecule has 4 nitrogen and oxygen atoms in total. The van der Waals surface area contributed by atoms with Gasteiger partial charge in [0.2, 0.25) is 0 Å². The zero-order valence-corrected chi connectivity index (χ0v) is 13.5. The van der Waals surface area contributed by atoms with Gasteiger partial charge in [0.05, 0.1) is 11.4 Å². The number of nitrogens with zero attached hydrogens (tertiary/aromatic N) is 2. The third-order valence-corrected chi connectivity index (χ3v) is 5.92. The van der Waals surface area contributed by atoms with E-state index >= 15 is 0 Å². The summed E-state index contributed by atoms with van der Waals surface area (Å²) in [5.41, 5.74) is 2.61. The Bertz CT molecular complexity index is 744. The predicted octanol–water partition coefficient (Wildman–Crippen LogP) is 3.21. The number of para-hydroxylation sites is 2. The fourth-order valence-corrected chi connectivity index (χ4v) is 4.67. The van der Waals surface area contributed by atoms with Crippen molar-refractivity contribution in [2.24, 2.45) is 0 Å². The van der Waals surface area contributed by atoms with Gasteiger partial charge >= 0.3 is 10.2 Å². The van der Waals surface area contributed by atoms with E-state index in [0.29, 0.717) is 18.8 Å². The Morgan fingerprint density at radius 2 is 1.73 bits per heavy atom. The third-order valence-electron chi connectivity index (χ3n) is 3.96. The lowest BCUT2D eigenvalue weighted by Gasteiger charge is -2.35. The maximum atomic E-state index is 13.1. The van der Waals surface area contributed by atoms with Gasteiger partial charge in [0.15, 0.2) is 0 Å². The molecule has 1 aliphatic heterocycles. The quantitative estimate of drug-likeness (QED) is 0.869. The van der Waals surface area contributed by atoms with Crippen LogP contribution in [0.2, 0.25) is 0 Å². The molecule has 0 spiro atoms. The second-order valence-electron chi connectivity index (χ2n) is 5.31. The maximum absolute atomic E-state index is 13.1. The summed E-state index contributed by atoms with van der Waals surface area (Å²) in [6, 6.07) is 17.0. The van der Waals surface area contributed by atoms with Crippen LogP contribution in [-0.2, 0) is 16.6 Å². The molecule has 5 heteroatoms. The monoisotopic (exact) mass is 316 g/mol. The summed E-state index contributed by atoms with van der Waals surface area (Å²) in [5.74, 6) is 0. The molecule has 116 valence electrons. The summed E-state index contributed by atoms with van der Waals surface area (Å²) in [4.78, 5) is 0. The van der Waals surface area contributed by atoms with Crippen LogP contribution in [0, 0.1) is 0 Å². The summed E-state index contributed by atoms with van der Waals surface area (Å²) in [7, 11) is -3.57. The molecular formula is C17H20N2O2S. The Hall–Kier alpha value is -2.01. The third kappa shape index (κ3) is 2.57. The van der Waals surface area contributed by atoms with E-state index in [1.807, 2.05) is 61.5 Å². The molecule has 0 fully saturated rings. The lowest BCUT2D eigenvalue weighted by molar-refractivity contribution is 0.582. The average molecular weight is 316 g/mol. The molecule has 22 heavy (non-hydrogen) atoms. The van der Waals surface area contributed by atoms with Crippen molar-refractivity contribution in [3.63, 3.8) is 0 Å². The Kier molecular flexibility index (Phi) is 4.07. The van der Waals surface area contributed by atoms with Crippen molar-refractivity contribution >= 4 is 21.6 Å². The molecule has 0 aliphatic carbocycles. The molecule has 3 rings (SSSR count). The summed E-state index contributed by atoms with van der Waals surface area (Å²) in [5, 5.41) is 0. The zero-order valence-electron chi connectivity index (χ0n) is 12.6. The first-order chi connectivity index (χ1) is 10.6. The minimum atomic E-state index is -3.57. The Morgan fingerprint density at radius 1 is 1.05 bits per heavy atom. The molecule has 0 radical (unpaired) electrons. The van der Waals surface area contributed by atoms with E-state index in [2.05, 4.69) is 0 Å². The van der Waals surface area contributed by atoms with Crippen LogP contribution >= 0.6 is 0 Å². The van der Waals surface area contributed by atoms with Gasteiger partial charge in [0.1, 0.15) is 0 Å². The van der Waals surface area contributed by atoms with Gasteiger partial charge in [0, 0.05) is 13.1 Å². The lowest BCUT2D eigenvalue weighted by atomic mass is 10.0. The van der Waals surface area contributed by atoms with Gasteiger partial charge in [-0.05, 0) is 43.5 Å². The number of hydrogen-bond acceptors (Lipinski definition) is 2. The summed E-state index contributed by atoms with van der Waals surface area (Å²) >= 11 is 0. The number of aryl methyl sites for hydroxylation is 1. The topological polar surface area (TPSA) is 40.6 Å². The molecular weight excluding hydrogens is 296 g/mol. The van der Waals surface area contributed by atoms with Crippen LogP contribution in [0.25, 0.3) is 0 Å². The standard InChI is InChI=1S/C17H20N2O2S/c1-2-18(16-11-4-3-5-12-16)22(20,21)19-14-8-10-15-9-6-7-13-17(15)19/h3-7,9,11-13H,2,8,10,14H2,1H3. The number of benzene rings is 2. The van der Waals surface area contributed by atoms with Gasteiger partial charge in [-0.1, -0.05) is 36.4 Å². The molecule has 0 amide bonds. The molecule has 0 N–H and O–H groups in total. The van der Waals surface area contributed by atoms with Crippen molar-refractivity contribution in [2.75, 3.05) is 21.7 Å². The van der Waals surface area contributed by atoms with Crippen LogP contribution in [0.4, 0.5) is 11.4 Å². The highest BCUT2D eigenvalue weighted by molar-refractivity contribution is 7.94. The number of anilines is 2. The van der Waals surface area contributed by atoms with Gasteiger partial charge < -0.3 is 0 Å². The van der Waals surface area contributed by atoms with Crippen LogP contribution < -0.4 is 8.61 Å². The van der Waals surface area contributed by atoms with Crippen molar-refractivity contribution < 1.29 is 8.42 Å². The first-order valence-electron chi connectivity index (χ1n) is 7.58. The second kappa shape index (κ2) is 6.01. The Labute approximate surface area is 132 Å². The smallest absolute Gasteiger partial charge is 0.254 e. The molecule has 0 saturated heterocycles. The molecule has 2 aromatic carbocycles. The minimum Gasteiger partial charge on any atom is -0.254 e. The molecule has 0 atom stereocenters. The zero-order chi connectivity index (χ0) is 15.6. The molecule has 1 heterocycles. The SMILES string of the molecule is CCN(c1ccccc1)S(=O)(=O)N1CCCc2ccccc21. The molecule has 0 unspecified atom stereocenters. The Morgan fingerprint density at radius 3 is 2.45 bits per heavy atom. The van der Waals surface area contributed by atoms with E-state index in [1.54, 1.807) is 4.31 Å². The van der Waals surface area contributed by atoms with Crippen molar-refractivity contribution in [1.29, 1.82) is 0 Å². The molecule has 0 bridgehead atoms. The summed E-state index contributed by atoms with van der Waals surface area (Å²) in [6.07, 6.45) is 1.78. The van der Waals surface area contributed by atoms with Gasteiger partial charge in [-0.3, -0.25) is 8.61 Å². The average Bonchev–Trinajstić information content (AvgIpc) is 2.55. The fourth-order valence-electron chi connectivity index (χ4n) is 2.93. The molecule has 1 aliphatic rings. The van der Waals surface area contributed by atoms with Crippen molar-refractivity contribution in [3.8, 4) is 0 Å². The first kappa shape index (κ1) is 14.9. The normalized spacial score (nSPS) is 14.5. The fraction of sp³-hybridized carbons (Fsp3) is 0.294. The number of hydrogen-bond donors (Lipinski definition) is 0. The van der Waals surface area contributed by atoms with E-state index in [1.165, 1.54) is 4.31 Å². The minimum absolute atomic E-state index is 0.408. The largest absolute Gasteiger partial charge is 0.326 e. The highest BCUT2D eigenvalue weighted by Gasteiger charge is 2.32. The van der Waals surface area contributed by atoms with Gasteiger partial charge in [-0.25, -0.2) is 0 Å². The van der Waals surface area contributed by atoms with Crippen molar-refractivity contribution in [2.45, 2.75) is 19.8 Å². The predicted molar refractivity (Wildman–Crippen MR) is 90.5 cm³/mol. The summed E-state index contributed by atoms with van der Waals surface area (Å²) in [6.45, 7) is 2.80. The highest BCUT2D eigenvalue weighted by Crippen LogP contribution is 2.31.